The lowest BCUT2D eigenvalue weighted by Gasteiger charge is -2.30. The van der Waals surface area contributed by atoms with E-state index in [2.05, 4.69) is 4.72 Å². The van der Waals surface area contributed by atoms with Crippen molar-refractivity contribution in [2.24, 2.45) is 0 Å². The number of fused-ring (bicyclic) bond motifs is 1. The van der Waals surface area contributed by atoms with Gasteiger partial charge in [0.1, 0.15) is 4.90 Å². The van der Waals surface area contributed by atoms with Gasteiger partial charge in [-0.15, -0.1) is 11.3 Å². The molecule has 1 fully saturated rings. The molecule has 1 saturated heterocycles. The average molecular weight is 354 g/mol. The fraction of sp³-hybridized carbons (Fsp3) is 0.400. The number of benzene rings is 1. The molecular formula is C15H18N2O4S2. The van der Waals surface area contributed by atoms with Crippen LogP contribution < -0.4 is 4.72 Å². The predicted molar refractivity (Wildman–Crippen MR) is 89.2 cm³/mol. The Morgan fingerprint density at radius 2 is 2.00 bits per heavy atom. The minimum atomic E-state index is -3.56. The molecule has 2 heterocycles. The molecule has 3 rings (SSSR count). The second-order valence-electron chi connectivity index (χ2n) is 5.66. The van der Waals surface area contributed by atoms with Crippen molar-refractivity contribution in [2.75, 3.05) is 19.6 Å². The van der Waals surface area contributed by atoms with Gasteiger partial charge in [0.25, 0.3) is 0 Å². The minimum Gasteiger partial charge on any atom is -0.480 e. The highest BCUT2D eigenvalue weighted by molar-refractivity contribution is 7.90. The fourth-order valence-corrected chi connectivity index (χ4v) is 5.65. The molecule has 1 aliphatic heterocycles. The molecule has 0 spiro atoms. The van der Waals surface area contributed by atoms with E-state index < -0.39 is 16.0 Å². The third-order valence-electron chi connectivity index (χ3n) is 4.00. The molecule has 2 aromatic rings. The topological polar surface area (TPSA) is 86.7 Å². The molecule has 1 aromatic carbocycles. The molecule has 0 amide bonds. The zero-order valence-electron chi connectivity index (χ0n) is 12.4. The largest absolute Gasteiger partial charge is 0.480 e. The minimum absolute atomic E-state index is 0.00857. The molecule has 0 unspecified atom stereocenters. The zero-order chi connectivity index (χ0) is 16.4. The summed E-state index contributed by atoms with van der Waals surface area (Å²) in [5.74, 6) is -0.853. The lowest BCUT2D eigenvalue weighted by molar-refractivity contribution is -0.138. The van der Waals surface area contributed by atoms with Crippen LogP contribution in [0.1, 0.15) is 12.8 Å². The van der Waals surface area contributed by atoms with Crippen LogP contribution in [0.25, 0.3) is 10.1 Å². The van der Waals surface area contributed by atoms with Gasteiger partial charge in [-0.1, -0.05) is 18.2 Å². The van der Waals surface area contributed by atoms with Gasteiger partial charge in [-0.3, -0.25) is 9.69 Å². The Balaban J connectivity index is 1.69. The van der Waals surface area contributed by atoms with Gasteiger partial charge in [0.15, 0.2) is 0 Å². The summed E-state index contributed by atoms with van der Waals surface area (Å²) in [5, 5.41) is 11.2. The van der Waals surface area contributed by atoms with Crippen LogP contribution in [0, 0.1) is 0 Å². The molecule has 23 heavy (non-hydrogen) atoms. The maximum Gasteiger partial charge on any atom is 0.317 e. The molecule has 0 aliphatic carbocycles. The number of hydrogen-bond acceptors (Lipinski definition) is 5. The van der Waals surface area contributed by atoms with Gasteiger partial charge >= 0.3 is 5.97 Å². The van der Waals surface area contributed by atoms with Crippen LogP contribution in [0.5, 0.6) is 0 Å². The fourth-order valence-electron chi connectivity index (χ4n) is 2.84. The smallest absolute Gasteiger partial charge is 0.317 e. The lowest BCUT2D eigenvalue weighted by Crippen LogP contribution is -2.45. The number of hydrogen-bond donors (Lipinski definition) is 2. The molecule has 0 atom stereocenters. The molecule has 0 radical (unpaired) electrons. The Morgan fingerprint density at radius 1 is 1.30 bits per heavy atom. The van der Waals surface area contributed by atoms with Gasteiger partial charge in [-0.25, -0.2) is 13.1 Å². The Hall–Kier alpha value is -1.48. The van der Waals surface area contributed by atoms with E-state index in [9.17, 15) is 13.2 Å². The summed E-state index contributed by atoms with van der Waals surface area (Å²) in [6.45, 7) is 1.18. The maximum atomic E-state index is 12.6. The van der Waals surface area contributed by atoms with E-state index in [1.807, 2.05) is 29.2 Å². The van der Waals surface area contributed by atoms with Crippen molar-refractivity contribution < 1.29 is 18.3 Å². The summed E-state index contributed by atoms with van der Waals surface area (Å²) in [6, 6.07) is 7.29. The van der Waals surface area contributed by atoms with Gasteiger partial charge in [0, 0.05) is 34.6 Å². The van der Waals surface area contributed by atoms with Crippen molar-refractivity contribution in [3.8, 4) is 0 Å². The van der Waals surface area contributed by atoms with Gasteiger partial charge in [-0.05, 0) is 18.9 Å². The first-order valence-corrected chi connectivity index (χ1v) is 9.75. The highest BCUT2D eigenvalue weighted by atomic mass is 32.2. The summed E-state index contributed by atoms with van der Waals surface area (Å²) < 4.78 is 29.0. The number of carboxylic acid groups (broad SMARTS) is 1. The SMILES string of the molecule is O=C(O)CN1CCC(NS(=O)(=O)c2csc3ccccc23)CC1. The molecule has 6 nitrogen and oxygen atoms in total. The lowest BCUT2D eigenvalue weighted by atomic mass is 10.1. The van der Waals surface area contributed by atoms with Gasteiger partial charge in [0.2, 0.25) is 10.0 Å². The standard InChI is InChI=1S/C15H18N2O4S2/c18-15(19)9-17-7-5-11(6-8-17)16-23(20,21)14-10-22-13-4-2-1-3-12(13)14/h1-4,10-11,16H,5-9H2,(H,18,19). The van der Waals surface area contributed by atoms with Crippen LogP contribution in [-0.2, 0) is 14.8 Å². The highest BCUT2D eigenvalue weighted by Gasteiger charge is 2.26. The highest BCUT2D eigenvalue weighted by Crippen LogP contribution is 2.29. The first-order valence-electron chi connectivity index (χ1n) is 7.38. The third kappa shape index (κ3) is 3.72. The molecule has 2 N–H and O–H groups in total. The van der Waals surface area contributed by atoms with Crippen molar-refractivity contribution in [1.82, 2.24) is 9.62 Å². The quantitative estimate of drug-likeness (QED) is 0.854. The summed E-state index contributed by atoms with van der Waals surface area (Å²) >= 11 is 1.42. The van der Waals surface area contributed by atoms with E-state index >= 15 is 0 Å². The van der Waals surface area contributed by atoms with E-state index in [4.69, 9.17) is 5.11 Å². The molecule has 8 heteroatoms. The van der Waals surface area contributed by atoms with Crippen molar-refractivity contribution in [3.05, 3.63) is 29.6 Å². The predicted octanol–water partition coefficient (Wildman–Crippen LogP) is 1.73. The number of likely N-dealkylation sites (tertiary alicyclic amines) is 1. The van der Waals surface area contributed by atoms with Gasteiger partial charge < -0.3 is 5.11 Å². The van der Waals surface area contributed by atoms with Crippen molar-refractivity contribution >= 4 is 37.4 Å². The zero-order valence-corrected chi connectivity index (χ0v) is 14.1. The maximum absolute atomic E-state index is 12.6. The number of aliphatic carboxylic acids is 1. The number of carboxylic acids is 1. The normalized spacial score (nSPS) is 17.6. The van der Waals surface area contributed by atoms with Crippen LogP contribution in [-0.4, -0.2) is 50.1 Å². The Bertz CT molecular complexity index is 808. The van der Waals surface area contributed by atoms with Crippen LogP contribution in [0.2, 0.25) is 0 Å². The number of thiophene rings is 1. The van der Waals surface area contributed by atoms with Gasteiger partial charge in [0.05, 0.1) is 6.54 Å². The van der Waals surface area contributed by atoms with Crippen LogP contribution in [0.3, 0.4) is 0 Å². The van der Waals surface area contributed by atoms with Crippen molar-refractivity contribution in [1.29, 1.82) is 0 Å². The number of rotatable bonds is 5. The molecule has 0 bridgehead atoms. The van der Waals surface area contributed by atoms with E-state index in [1.54, 1.807) is 5.38 Å². The Labute approximate surface area is 138 Å². The van der Waals surface area contributed by atoms with Crippen molar-refractivity contribution in [2.45, 2.75) is 23.8 Å². The second kappa shape index (κ2) is 6.56. The molecule has 124 valence electrons. The first kappa shape index (κ1) is 16.4. The molecule has 1 aromatic heterocycles. The first-order chi connectivity index (χ1) is 11.0. The Kier molecular flexibility index (Phi) is 4.67. The number of nitrogens with zero attached hydrogens (tertiary/aromatic N) is 1. The number of piperidine rings is 1. The van der Waals surface area contributed by atoms with E-state index in [-0.39, 0.29) is 12.6 Å². The number of nitrogens with one attached hydrogen (secondary N) is 1. The Morgan fingerprint density at radius 3 is 2.70 bits per heavy atom. The molecule has 1 aliphatic rings. The summed E-state index contributed by atoms with van der Waals surface area (Å²) in [4.78, 5) is 12.9. The third-order valence-corrected chi connectivity index (χ3v) is 6.68. The van der Waals surface area contributed by atoms with Crippen LogP contribution >= 0.6 is 11.3 Å². The van der Waals surface area contributed by atoms with Crippen molar-refractivity contribution in [3.63, 3.8) is 0 Å². The van der Waals surface area contributed by atoms with E-state index in [0.29, 0.717) is 30.8 Å². The average Bonchev–Trinajstić information content (AvgIpc) is 2.93. The summed E-state index contributed by atoms with van der Waals surface area (Å²) in [5.41, 5.74) is 0. The molecular weight excluding hydrogens is 336 g/mol. The molecule has 0 saturated carbocycles. The summed E-state index contributed by atoms with van der Waals surface area (Å²) in [6.07, 6.45) is 1.24. The van der Waals surface area contributed by atoms with Gasteiger partial charge in [-0.2, -0.15) is 0 Å². The summed E-state index contributed by atoms with van der Waals surface area (Å²) in [7, 11) is -3.56. The van der Waals surface area contributed by atoms with Crippen LogP contribution in [0.15, 0.2) is 34.5 Å². The number of carbonyl (C=O) groups is 1. The number of sulfonamides is 1. The second-order valence-corrected chi connectivity index (χ2v) is 8.26. The van der Waals surface area contributed by atoms with Crippen LogP contribution in [0.4, 0.5) is 0 Å². The van der Waals surface area contributed by atoms with E-state index in [1.165, 1.54) is 11.3 Å². The monoisotopic (exact) mass is 354 g/mol. The van der Waals surface area contributed by atoms with E-state index in [0.717, 1.165) is 10.1 Å².